The molecule has 2 rings (SSSR count). The van der Waals surface area contributed by atoms with E-state index in [1.165, 1.54) is 13.3 Å². The first-order valence-corrected chi connectivity index (χ1v) is 8.88. The van der Waals surface area contributed by atoms with Gasteiger partial charge in [0.25, 0.3) is 0 Å². The Morgan fingerprint density at radius 2 is 2.28 bits per heavy atom. The van der Waals surface area contributed by atoms with Gasteiger partial charge in [0.1, 0.15) is 24.0 Å². The topological polar surface area (TPSA) is 79.5 Å². The van der Waals surface area contributed by atoms with Crippen molar-refractivity contribution < 1.29 is 9.57 Å². The number of benzene rings is 1. The molecule has 130 valence electrons. The summed E-state index contributed by atoms with van der Waals surface area (Å²) < 4.78 is 6.95. The van der Waals surface area contributed by atoms with Gasteiger partial charge in [0.2, 0.25) is 0 Å². The molecule has 2 aromatic rings. The van der Waals surface area contributed by atoms with Gasteiger partial charge in [0, 0.05) is 15.2 Å². The fraction of sp³-hybridized carbons (Fsp3) is 0.294. The van der Waals surface area contributed by atoms with Crippen LogP contribution in [-0.2, 0) is 4.84 Å². The Morgan fingerprint density at radius 1 is 1.52 bits per heavy atom. The summed E-state index contributed by atoms with van der Waals surface area (Å²) in [4.78, 5) is 9.38. The van der Waals surface area contributed by atoms with E-state index in [0.717, 1.165) is 14.5 Å². The van der Waals surface area contributed by atoms with Crippen LogP contribution in [0.3, 0.4) is 0 Å². The summed E-state index contributed by atoms with van der Waals surface area (Å²) >= 11 is 7.57. The van der Waals surface area contributed by atoms with E-state index < -0.39 is 11.6 Å². The van der Waals surface area contributed by atoms with Crippen LogP contribution in [-0.4, -0.2) is 34.9 Å². The second kappa shape index (κ2) is 8.40. The number of pyridine rings is 1. The van der Waals surface area contributed by atoms with Crippen LogP contribution in [0.2, 0.25) is 0 Å². The molecule has 2 unspecified atom stereocenters. The molecule has 0 bridgehead atoms. The van der Waals surface area contributed by atoms with E-state index in [9.17, 15) is 5.26 Å². The van der Waals surface area contributed by atoms with Crippen molar-refractivity contribution in [3.05, 3.63) is 34.0 Å². The number of fused-ring (bicyclic) bond motifs is 1. The van der Waals surface area contributed by atoms with Crippen LogP contribution >= 0.6 is 34.8 Å². The van der Waals surface area contributed by atoms with Gasteiger partial charge in [-0.3, -0.25) is 4.98 Å². The molecule has 25 heavy (non-hydrogen) atoms. The summed E-state index contributed by atoms with van der Waals surface area (Å²) in [6, 6.07) is 9.79. The molecular formula is C17H17IN4O2S. The van der Waals surface area contributed by atoms with Crippen molar-refractivity contribution >= 4 is 56.9 Å². The van der Waals surface area contributed by atoms with Gasteiger partial charge in [-0.2, -0.15) is 5.26 Å². The summed E-state index contributed by atoms with van der Waals surface area (Å²) in [5.74, 6) is 0.678. The second-order valence-electron chi connectivity index (χ2n) is 5.49. The van der Waals surface area contributed by atoms with Gasteiger partial charge in [-0.1, -0.05) is 17.4 Å². The molecule has 0 amide bonds. The molecule has 0 spiro atoms. The van der Waals surface area contributed by atoms with Crippen LogP contribution < -0.4 is 10.1 Å². The molecule has 1 aromatic carbocycles. The zero-order valence-corrected chi connectivity index (χ0v) is 17.0. The van der Waals surface area contributed by atoms with Crippen molar-refractivity contribution in [2.45, 2.75) is 25.5 Å². The van der Waals surface area contributed by atoms with E-state index in [0.29, 0.717) is 10.7 Å². The minimum absolute atomic E-state index is 0.396. The largest absolute Gasteiger partial charge is 0.484 e. The van der Waals surface area contributed by atoms with E-state index in [4.69, 9.17) is 17.0 Å². The number of hydrogen-bond acceptors (Lipinski definition) is 6. The van der Waals surface area contributed by atoms with E-state index in [1.807, 2.05) is 37.4 Å². The first kappa shape index (κ1) is 19.3. The maximum absolute atomic E-state index is 9.31. The lowest BCUT2D eigenvalue weighted by atomic mass is 10.1. The highest BCUT2D eigenvalue weighted by Gasteiger charge is 2.25. The SMILES string of the molecule is CON=CC(C)(C#N)NC(=S)C(C)Oc1ccc2ncc(I)cc2c1. The monoisotopic (exact) mass is 468 g/mol. The third kappa shape index (κ3) is 5.24. The highest BCUT2D eigenvalue weighted by atomic mass is 127. The number of nitrogens with one attached hydrogen (secondary N) is 1. The van der Waals surface area contributed by atoms with Gasteiger partial charge in [-0.15, -0.1) is 0 Å². The predicted molar refractivity (Wildman–Crippen MR) is 110 cm³/mol. The molecule has 0 aliphatic carbocycles. The third-order valence-corrected chi connectivity index (χ3v) is 4.36. The Bertz CT molecular complexity index is 852. The van der Waals surface area contributed by atoms with Crippen molar-refractivity contribution in [2.24, 2.45) is 5.16 Å². The molecular weight excluding hydrogens is 451 g/mol. The zero-order chi connectivity index (χ0) is 18.4. The van der Waals surface area contributed by atoms with Crippen molar-refractivity contribution in [2.75, 3.05) is 7.11 Å². The zero-order valence-electron chi connectivity index (χ0n) is 14.0. The lowest BCUT2D eigenvalue weighted by Gasteiger charge is -2.24. The van der Waals surface area contributed by atoms with Crippen LogP contribution in [0.15, 0.2) is 35.6 Å². The Morgan fingerprint density at radius 3 is 2.96 bits per heavy atom. The summed E-state index contributed by atoms with van der Waals surface area (Å²) in [5, 5.41) is 16.9. The summed E-state index contributed by atoms with van der Waals surface area (Å²) in [6.07, 6.45) is 2.75. The molecule has 2 atom stereocenters. The molecule has 8 heteroatoms. The van der Waals surface area contributed by atoms with Crippen molar-refractivity contribution in [1.82, 2.24) is 10.3 Å². The number of rotatable bonds is 6. The Balaban J connectivity index is 2.10. The van der Waals surface area contributed by atoms with Crippen molar-refractivity contribution in [3.63, 3.8) is 0 Å². The maximum Gasteiger partial charge on any atom is 0.162 e. The number of halogens is 1. The normalized spacial score (nSPS) is 14.5. The molecule has 6 nitrogen and oxygen atoms in total. The lowest BCUT2D eigenvalue weighted by Crippen LogP contribution is -2.49. The average molecular weight is 468 g/mol. The highest BCUT2D eigenvalue weighted by Crippen LogP contribution is 2.22. The molecule has 1 aromatic heterocycles. The smallest absolute Gasteiger partial charge is 0.162 e. The Kier molecular flexibility index (Phi) is 6.50. The summed E-state index contributed by atoms with van der Waals surface area (Å²) in [6.45, 7) is 3.47. The van der Waals surface area contributed by atoms with Crippen LogP contribution in [0.5, 0.6) is 5.75 Å². The fourth-order valence-corrected chi connectivity index (χ4v) is 2.75. The molecule has 1 N–H and O–H groups in total. The van der Waals surface area contributed by atoms with Gasteiger partial charge in [0.05, 0.1) is 17.8 Å². The van der Waals surface area contributed by atoms with Crippen LogP contribution in [0.4, 0.5) is 0 Å². The minimum atomic E-state index is -1.08. The molecule has 0 radical (unpaired) electrons. The lowest BCUT2D eigenvalue weighted by molar-refractivity contribution is 0.213. The van der Waals surface area contributed by atoms with Crippen LogP contribution in [0.1, 0.15) is 13.8 Å². The molecule has 0 fully saturated rings. The average Bonchev–Trinajstić information content (AvgIpc) is 2.59. The Hall–Kier alpha value is -1.99. The van der Waals surface area contributed by atoms with Crippen molar-refractivity contribution in [3.8, 4) is 11.8 Å². The first-order chi connectivity index (χ1) is 11.9. The predicted octanol–water partition coefficient (Wildman–Crippen LogP) is 3.44. The quantitative estimate of drug-likeness (QED) is 0.303. The fourth-order valence-electron chi connectivity index (χ4n) is 2.02. The molecule has 0 aliphatic heterocycles. The molecule has 0 saturated heterocycles. The number of nitriles is 1. The number of thiocarbonyl (C=S) groups is 1. The first-order valence-electron chi connectivity index (χ1n) is 7.40. The van der Waals surface area contributed by atoms with E-state index in [-0.39, 0.29) is 0 Å². The third-order valence-electron chi connectivity index (χ3n) is 3.33. The van der Waals surface area contributed by atoms with Gasteiger partial charge in [0.15, 0.2) is 5.54 Å². The molecule has 0 aliphatic rings. The van der Waals surface area contributed by atoms with Gasteiger partial charge >= 0.3 is 0 Å². The molecule has 0 saturated carbocycles. The number of oxime groups is 1. The Labute approximate surface area is 165 Å². The van der Waals surface area contributed by atoms with Crippen LogP contribution in [0.25, 0.3) is 10.9 Å². The second-order valence-corrected chi connectivity index (χ2v) is 7.17. The highest BCUT2D eigenvalue weighted by molar-refractivity contribution is 14.1. The van der Waals surface area contributed by atoms with Gasteiger partial charge < -0.3 is 14.9 Å². The molecule has 1 heterocycles. The van der Waals surface area contributed by atoms with Gasteiger partial charge in [-0.05, 0) is 60.7 Å². The maximum atomic E-state index is 9.31. The number of hydrogen-bond donors (Lipinski definition) is 1. The summed E-state index contributed by atoms with van der Waals surface area (Å²) in [5.41, 5.74) is -0.178. The van der Waals surface area contributed by atoms with E-state index >= 15 is 0 Å². The van der Waals surface area contributed by atoms with E-state index in [2.05, 4.69) is 49.0 Å². The number of aromatic nitrogens is 1. The summed E-state index contributed by atoms with van der Waals surface area (Å²) in [7, 11) is 1.41. The van der Waals surface area contributed by atoms with Crippen molar-refractivity contribution in [1.29, 1.82) is 5.26 Å². The van der Waals surface area contributed by atoms with Crippen LogP contribution in [0, 0.1) is 14.9 Å². The number of ether oxygens (including phenoxy) is 1. The standard InChI is InChI=1S/C17H17IN4O2S/c1-11(16(25)22-17(2,9-19)10-21-23-3)24-14-4-5-15-12(7-14)6-13(18)8-20-15/h4-8,10-11H,1-3H3,(H,22,25). The minimum Gasteiger partial charge on any atom is -0.484 e. The van der Waals surface area contributed by atoms with E-state index in [1.54, 1.807) is 6.92 Å². The van der Waals surface area contributed by atoms with Gasteiger partial charge in [-0.25, -0.2) is 0 Å². The number of nitrogens with zero attached hydrogens (tertiary/aromatic N) is 3.